The van der Waals surface area contributed by atoms with Gasteiger partial charge in [0, 0.05) is 23.4 Å². The average Bonchev–Trinajstić information content (AvgIpc) is 2.91. The molecule has 0 radical (unpaired) electrons. The third kappa shape index (κ3) is 5.92. The Kier molecular flexibility index (Phi) is 8.23. The number of non-ortho nitro benzene ring substituents is 1. The van der Waals surface area contributed by atoms with Gasteiger partial charge >= 0.3 is 0 Å². The number of ether oxygens (including phenoxy) is 2. The maximum atomic E-state index is 12.7. The molecule has 0 bridgehead atoms. The first-order chi connectivity index (χ1) is 18.3. The summed E-state index contributed by atoms with van der Waals surface area (Å²) in [4.78, 5) is 23.1. The molecule has 1 amide bonds. The molecule has 0 aliphatic rings. The van der Waals surface area contributed by atoms with Gasteiger partial charge in [-0.1, -0.05) is 42.5 Å². The van der Waals surface area contributed by atoms with E-state index in [1.54, 1.807) is 12.1 Å². The van der Waals surface area contributed by atoms with E-state index in [1.165, 1.54) is 37.5 Å². The number of benzene rings is 4. The summed E-state index contributed by atoms with van der Waals surface area (Å²) >= 11 is 2.13. The molecular formula is C29H22IN3O5. The predicted molar refractivity (Wildman–Crippen MR) is 154 cm³/mol. The first kappa shape index (κ1) is 26.6. The van der Waals surface area contributed by atoms with Crippen molar-refractivity contribution in [2.24, 2.45) is 0 Å². The number of fused-ring (bicyclic) bond motifs is 1. The van der Waals surface area contributed by atoms with Crippen LogP contribution in [-0.2, 0) is 11.4 Å². The lowest BCUT2D eigenvalue weighted by molar-refractivity contribution is -0.384. The van der Waals surface area contributed by atoms with Crippen LogP contribution in [0.15, 0.2) is 78.4 Å². The minimum Gasteiger partial charge on any atom is -0.493 e. The highest BCUT2D eigenvalue weighted by molar-refractivity contribution is 14.1. The highest BCUT2D eigenvalue weighted by atomic mass is 127. The third-order valence-corrected chi connectivity index (χ3v) is 6.68. The molecule has 0 heterocycles. The van der Waals surface area contributed by atoms with E-state index in [2.05, 4.69) is 52.2 Å². The van der Waals surface area contributed by atoms with Crippen LogP contribution >= 0.6 is 22.6 Å². The summed E-state index contributed by atoms with van der Waals surface area (Å²) in [6.07, 6.45) is 1.43. The number of halogens is 1. The zero-order valence-corrected chi connectivity index (χ0v) is 22.7. The molecule has 0 fully saturated rings. The lowest BCUT2D eigenvalue weighted by Gasteiger charge is -2.16. The zero-order chi connectivity index (χ0) is 27.2. The first-order valence-corrected chi connectivity index (χ1v) is 12.5. The van der Waals surface area contributed by atoms with Crippen molar-refractivity contribution in [1.82, 2.24) is 0 Å². The Balaban J connectivity index is 1.58. The number of anilines is 1. The second-order valence-electron chi connectivity index (χ2n) is 8.34. The summed E-state index contributed by atoms with van der Waals surface area (Å²) in [6, 6.07) is 23.1. The summed E-state index contributed by atoms with van der Waals surface area (Å²) in [5.41, 5.74) is 2.63. The number of rotatable bonds is 8. The van der Waals surface area contributed by atoms with E-state index in [0.29, 0.717) is 23.7 Å². The molecule has 4 aromatic carbocycles. The molecule has 38 heavy (non-hydrogen) atoms. The fraction of sp³-hybridized carbons (Fsp3) is 0.103. The van der Waals surface area contributed by atoms with Crippen molar-refractivity contribution in [1.29, 1.82) is 5.26 Å². The Morgan fingerprint density at radius 1 is 1.13 bits per heavy atom. The lowest BCUT2D eigenvalue weighted by Crippen LogP contribution is -2.13. The zero-order valence-electron chi connectivity index (χ0n) is 20.5. The van der Waals surface area contributed by atoms with Gasteiger partial charge in [0.05, 0.1) is 15.6 Å². The van der Waals surface area contributed by atoms with Crippen LogP contribution < -0.4 is 14.8 Å². The lowest BCUT2D eigenvalue weighted by atomic mass is 10.0. The molecule has 4 rings (SSSR count). The molecule has 0 atom stereocenters. The Morgan fingerprint density at radius 2 is 1.92 bits per heavy atom. The van der Waals surface area contributed by atoms with E-state index in [0.717, 1.165) is 25.5 Å². The fourth-order valence-corrected chi connectivity index (χ4v) is 4.74. The van der Waals surface area contributed by atoms with Gasteiger partial charge in [-0.3, -0.25) is 14.9 Å². The van der Waals surface area contributed by atoms with E-state index < -0.39 is 10.8 Å². The maximum Gasteiger partial charge on any atom is 0.271 e. The number of nitrogens with one attached hydrogen (secondary N) is 1. The largest absolute Gasteiger partial charge is 0.493 e. The fourth-order valence-electron chi connectivity index (χ4n) is 3.95. The predicted octanol–water partition coefficient (Wildman–Crippen LogP) is 6.79. The van der Waals surface area contributed by atoms with Crippen LogP contribution in [0.2, 0.25) is 0 Å². The smallest absolute Gasteiger partial charge is 0.271 e. The van der Waals surface area contributed by atoms with Crippen molar-refractivity contribution in [2.45, 2.75) is 13.5 Å². The molecule has 1 N–H and O–H groups in total. The van der Waals surface area contributed by atoms with Crippen molar-refractivity contribution >= 4 is 56.7 Å². The van der Waals surface area contributed by atoms with Crippen LogP contribution in [0, 0.1) is 31.9 Å². The van der Waals surface area contributed by atoms with Gasteiger partial charge in [0.25, 0.3) is 11.6 Å². The van der Waals surface area contributed by atoms with E-state index >= 15 is 0 Å². The van der Waals surface area contributed by atoms with Crippen molar-refractivity contribution in [3.05, 3.63) is 109 Å². The van der Waals surface area contributed by atoms with Crippen LogP contribution in [0.1, 0.15) is 16.7 Å². The van der Waals surface area contributed by atoms with Crippen molar-refractivity contribution in [2.75, 3.05) is 12.4 Å². The van der Waals surface area contributed by atoms with Gasteiger partial charge in [0.2, 0.25) is 0 Å². The number of methoxy groups -OCH3 is 1. The number of carbonyl (C=O) groups is 1. The van der Waals surface area contributed by atoms with Crippen molar-refractivity contribution in [3.63, 3.8) is 0 Å². The topological polar surface area (TPSA) is 114 Å². The number of hydrogen-bond acceptors (Lipinski definition) is 6. The number of hydrogen-bond donors (Lipinski definition) is 1. The minimum absolute atomic E-state index is 0.168. The Hall–Kier alpha value is -4.43. The number of aryl methyl sites for hydroxylation is 1. The number of nitro benzene ring substituents is 1. The molecule has 0 spiro atoms. The molecule has 0 unspecified atom stereocenters. The molecule has 8 nitrogen and oxygen atoms in total. The highest BCUT2D eigenvalue weighted by Crippen LogP contribution is 2.36. The molecule has 0 aliphatic carbocycles. The Morgan fingerprint density at radius 3 is 2.66 bits per heavy atom. The number of nitro groups is 1. The maximum absolute atomic E-state index is 12.7. The van der Waals surface area contributed by atoms with Crippen LogP contribution in [0.25, 0.3) is 16.8 Å². The van der Waals surface area contributed by atoms with Gasteiger partial charge in [0.1, 0.15) is 18.2 Å². The minimum atomic E-state index is -0.686. The second kappa shape index (κ2) is 11.7. The van der Waals surface area contributed by atoms with E-state index in [9.17, 15) is 20.2 Å². The molecule has 190 valence electrons. The van der Waals surface area contributed by atoms with Crippen molar-refractivity contribution in [3.8, 4) is 17.6 Å². The quantitative estimate of drug-likeness (QED) is 0.0764. The second-order valence-corrected chi connectivity index (χ2v) is 9.50. The van der Waals surface area contributed by atoms with E-state index in [-0.39, 0.29) is 16.9 Å². The number of amides is 1. The SMILES string of the molecule is COc1cc(/C=C(\C#N)C(=O)Nc2cccc([N+](=O)[O-])c2)cc(I)c1OCc1c(C)ccc2ccccc12. The Bertz CT molecular complexity index is 1620. The van der Waals surface area contributed by atoms with Gasteiger partial charge in [-0.2, -0.15) is 5.26 Å². The van der Waals surface area contributed by atoms with Crippen LogP contribution in [0.3, 0.4) is 0 Å². The van der Waals surface area contributed by atoms with Gasteiger partial charge in [0.15, 0.2) is 11.5 Å². The first-order valence-electron chi connectivity index (χ1n) is 11.5. The molecule has 0 aromatic heterocycles. The van der Waals surface area contributed by atoms with E-state index in [4.69, 9.17) is 9.47 Å². The standard InChI is InChI=1S/C29H22IN3O5/c1-18-10-11-20-6-3-4-9-24(20)25(18)17-38-28-26(30)13-19(14-27(28)37-2)12-21(16-31)29(34)32-22-7-5-8-23(15-22)33(35)36/h3-15H,17H2,1-2H3,(H,32,34)/b21-12+. The molecule has 4 aromatic rings. The summed E-state index contributed by atoms with van der Waals surface area (Å²) in [5, 5.41) is 25.4. The van der Waals surface area contributed by atoms with Gasteiger partial charge in [-0.15, -0.1) is 0 Å². The average molecular weight is 619 g/mol. The van der Waals surface area contributed by atoms with Crippen molar-refractivity contribution < 1.29 is 19.2 Å². The molecule has 0 aliphatic heterocycles. The highest BCUT2D eigenvalue weighted by Gasteiger charge is 2.16. The third-order valence-electron chi connectivity index (χ3n) is 5.88. The monoisotopic (exact) mass is 619 g/mol. The normalized spacial score (nSPS) is 11.1. The van der Waals surface area contributed by atoms with E-state index in [1.807, 2.05) is 25.1 Å². The van der Waals surface area contributed by atoms with Gasteiger partial charge in [-0.05, 0) is 75.7 Å². The molecule has 9 heteroatoms. The molecule has 0 saturated carbocycles. The summed E-state index contributed by atoms with van der Waals surface area (Å²) in [5.74, 6) is 0.322. The van der Waals surface area contributed by atoms with Crippen LogP contribution in [0.4, 0.5) is 11.4 Å². The summed E-state index contributed by atoms with van der Waals surface area (Å²) < 4.78 is 12.5. The van der Waals surface area contributed by atoms with Crippen LogP contribution in [0.5, 0.6) is 11.5 Å². The molecule has 0 saturated heterocycles. The molecular weight excluding hydrogens is 597 g/mol. The van der Waals surface area contributed by atoms with Gasteiger partial charge < -0.3 is 14.8 Å². The van der Waals surface area contributed by atoms with Gasteiger partial charge in [-0.25, -0.2) is 0 Å². The van der Waals surface area contributed by atoms with Crippen LogP contribution in [-0.4, -0.2) is 17.9 Å². The number of nitrogens with zero attached hydrogens (tertiary/aromatic N) is 2. The Labute approximate surface area is 232 Å². The number of carbonyl (C=O) groups excluding carboxylic acids is 1. The summed E-state index contributed by atoms with van der Waals surface area (Å²) in [6.45, 7) is 2.38. The number of nitriles is 1. The summed E-state index contributed by atoms with van der Waals surface area (Å²) in [7, 11) is 1.52.